The van der Waals surface area contributed by atoms with Crippen LogP contribution in [0.5, 0.6) is 0 Å². The van der Waals surface area contributed by atoms with Gasteiger partial charge in [-0.05, 0) is 19.9 Å². The maximum absolute atomic E-state index is 11.8. The minimum Gasteiger partial charge on any atom is -0.389 e. The standard InChI is InChI=1S/C16H20N2O3/c1-12(2)21-11-14(19)10-18-16(20)9-8-15(17-18)13-6-4-3-5-7-13/h3-9,12,14,19H,10-11H2,1-2H3. The van der Waals surface area contributed by atoms with Crippen LogP contribution in [0.15, 0.2) is 47.3 Å². The van der Waals surface area contributed by atoms with E-state index in [0.717, 1.165) is 5.56 Å². The van der Waals surface area contributed by atoms with Gasteiger partial charge in [0.2, 0.25) is 0 Å². The number of benzene rings is 1. The molecule has 112 valence electrons. The molecule has 1 N–H and O–H groups in total. The smallest absolute Gasteiger partial charge is 0.266 e. The number of hydrogen-bond acceptors (Lipinski definition) is 4. The number of nitrogens with zero attached hydrogens (tertiary/aromatic N) is 2. The molecule has 0 amide bonds. The van der Waals surface area contributed by atoms with E-state index in [1.54, 1.807) is 6.07 Å². The minimum atomic E-state index is -0.761. The Bertz CT molecular complexity index is 623. The van der Waals surface area contributed by atoms with Gasteiger partial charge in [0, 0.05) is 11.6 Å². The molecule has 1 unspecified atom stereocenters. The largest absolute Gasteiger partial charge is 0.389 e. The lowest BCUT2D eigenvalue weighted by molar-refractivity contribution is -0.00253. The Kier molecular flexibility index (Phi) is 5.25. The summed E-state index contributed by atoms with van der Waals surface area (Å²) in [7, 11) is 0. The van der Waals surface area contributed by atoms with E-state index < -0.39 is 6.10 Å². The highest BCUT2D eigenvalue weighted by molar-refractivity contribution is 5.57. The van der Waals surface area contributed by atoms with E-state index >= 15 is 0 Å². The first kappa shape index (κ1) is 15.4. The Hall–Kier alpha value is -1.98. The van der Waals surface area contributed by atoms with E-state index in [2.05, 4.69) is 5.10 Å². The Balaban J connectivity index is 2.14. The van der Waals surface area contributed by atoms with Crippen LogP contribution in [0.25, 0.3) is 11.3 Å². The summed E-state index contributed by atoms with van der Waals surface area (Å²) in [6, 6.07) is 12.8. The van der Waals surface area contributed by atoms with Gasteiger partial charge in [-0.25, -0.2) is 4.68 Å². The van der Waals surface area contributed by atoms with Crippen LogP contribution < -0.4 is 5.56 Å². The molecule has 0 aliphatic carbocycles. The van der Waals surface area contributed by atoms with Gasteiger partial charge in [-0.1, -0.05) is 30.3 Å². The molecule has 5 heteroatoms. The molecule has 0 fully saturated rings. The van der Waals surface area contributed by atoms with E-state index in [1.807, 2.05) is 44.2 Å². The van der Waals surface area contributed by atoms with Gasteiger partial charge in [0.1, 0.15) is 0 Å². The van der Waals surface area contributed by atoms with Gasteiger partial charge in [-0.2, -0.15) is 5.10 Å². The number of aromatic nitrogens is 2. The summed E-state index contributed by atoms with van der Waals surface area (Å²) in [6.07, 6.45) is -0.719. The summed E-state index contributed by atoms with van der Waals surface area (Å²) in [5, 5.41) is 14.2. The maximum atomic E-state index is 11.8. The number of aliphatic hydroxyl groups is 1. The lowest BCUT2D eigenvalue weighted by Gasteiger charge is -2.14. The van der Waals surface area contributed by atoms with Crippen LogP contribution in [0.3, 0.4) is 0 Å². The van der Waals surface area contributed by atoms with Crippen molar-refractivity contribution in [1.29, 1.82) is 0 Å². The van der Waals surface area contributed by atoms with Crippen LogP contribution in [0, 0.1) is 0 Å². The molecular formula is C16H20N2O3. The van der Waals surface area contributed by atoms with Gasteiger partial charge in [-0.15, -0.1) is 0 Å². The molecule has 21 heavy (non-hydrogen) atoms. The van der Waals surface area contributed by atoms with Gasteiger partial charge < -0.3 is 9.84 Å². The average molecular weight is 288 g/mol. The molecular weight excluding hydrogens is 268 g/mol. The van der Waals surface area contributed by atoms with Gasteiger partial charge in [0.15, 0.2) is 0 Å². The van der Waals surface area contributed by atoms with Gasteiger partial charge in [0.25, 0.3) is 5.56 Å². The molecule has 1 heterocycles. The van der Waals surface area contributed by atoms with E-state index in [4.69, 9.17) is 4.74 Å². The highest BCUT2D eigenvalue weighted by Gasteiger charge is 2.10. The zero-order valence-corrected chi connectivity index (χ0v) is 12.3. The molecule has 0 aliphatic heterocycles. The van der Waals surface area contributed by atoms with Crippen molar-refractivity contribution < 1.29 is 9.84 Å². The Morgan fingerprint density at radius 3 is 2.57 bits per heavy atom. The van der Waals surface area contributed by atoms with Crippen molar-refractivity contribution >= 4 is 0 Å². The zero-order chi connectivity index (χ0) is 15.2. The fraction of sp³-hybridized carbons (Fsp3) is 0.375. The number of hydrogen-bond donors (Lipinski definition) is 1. The van der Waals surface area contributed by atoms with Crippen molar-refractivity contribution in [2.75, 3.05) is 6.61 Å². The van der Waals surface area contributed by atoms with Crippen molar-refractivity contribution in [3.05, 3.63) is 52.8 Å². The molecule has 1 atom stereocenters. The molecule has 2 rings (SSSR count). The first-order valence-corrected chi connectivity index (χ1v) is 6.99. The molecule has 0 bridgehead atoms. The van der Waals surface area contributed by atoms with Gasteiger partial charge >= 0.3 is 0 Å². The molecule has 5 nitrogen and oxygen atoms in total. The number of rotatable bonds is 6. The normalized spacial score (nSPS) is 12.6. The summed E-state index contributed by atoms with van der Waals surface area (Å²) in [5.74, 6) is 0. The lowest BCUT2D eigenvalue weighted by atomic mass is 10.1. The summed E-state index contributed by atoms with van der Waals surface area (Å²) < 4.78 is 6.61. The third-order valence-corrected chi connectivity index (χ3v) is 2.94. The van der Waals surface area contributed by atoms with Crippen LogP contribution >= 0.6 is 0 Å². The van der Waals surface area contributed by atoms with E-state index in [9.17, 15) is 9.90 Å². The number of ether oxygens (including phenoxy) is 1. The summed E-state index contributed by atoms with van der Waals surface area (Å²) in [6.45, 7) is 4.09. The summed E-state index contributed by atoms with van der Waals surface area (Å²) in [5.41, 5.74) is 1.39. The minimum absolute atomic E-state index is 0.0417. The van der Waals surface area contributed by atoms with Crippen molar-refractivity contribution in [1.82, 2.24) is 9.78 Å². The predicted octanol–water partition coefficient (Wildman–Crippen LogP) is 1.70. The molecule has 0 spiro atoms. The Labute approximate surface area is 123 Å². The topological polar surface area (TPSA) is 64.3 Å². The molecule has 2 aromatic rings. The van der Waals surface area contributed by atoms with Crippen molar-refractivity contribution in [3.8, 4) is 11.3 Å². The average Bonchev–Trinajstić information content (AvgIpc) is 2.48. The van der Waals surface area contributed by atoms with Gasteiger partial charge in [-0.3, -0.25) is 4.79 Å². The first-order valence-electron chi connectivity index (χ1n) is 6.99. The van der Waals surface area contributed by atoms with E-state index in [1.165, 1.54) is 10.7 Å². The zero-order valence-electron chi connectivity index (χ0n) is 12.3. The molecule has 0 aliphatic rings. The second-order valence-electron chi connectivity index (χ2n) is 5.14. The Morgan fingerprint density at radius 1 is 1.19 bits per heavy atom. The van der Waals surface area contributed by atoms with E-state index in [-0.39, 0.29) is 24.8 Å². The number of aliphatic hydroxyl groups excluding tert-OH is 1. The SMILES string of the molecule is CC(C)OCC(O)Cn1nc(-c2ccccc2)ccc1=O. The molecule has 1 aromatic carbocycles. The van der Waals surface area contributed by atoms with Crippen LogP contribution in [-0.4, -0.2) is 33.7 Å². The molecule has 0 saturated carbocycles. The van der Waals surface area contributed by atoms with Crippen LogP contribution in [0.4, 0.5) is 0 Å². The summed E-state index contributed by atoms with van der Waals surface area (Å²) >= 11 is 0. The van der Waals surface area contributed by atoms with Gasteiger partial charge in [0.05, 0.1) is 31.1 Å². The highest BCUT2D eigenvalue weighted by atomic mass is 16.5. The third kappa shape index (κ3) is 4.51. The second-order valence-corrected chi connectivity index (χ2v) is 5.14. The quantitative estimate of drug-likeness (QED) is 0.878. The van der Waals surface area contributed by atoms with Crippen molar-refractivity contribution in [3.63, 3.8) is 0 Å². The molecule has 0 radical (unpaired) electrons. The Morgan fingerprint density at radius 2 is 1.90 bits per heavy atom. The molecule has 0 saturated heterocycles. The van der Waals surface area contributed by atoms with Crippen molar-refractivity contribution in [2.24, 2.45) is 0 Å². The monoisotopic (exact) mass is 288 g/mol. The van der Waals surface area contributed by atoms with Crippen LogP contribution in [0.1, 0.15) is 13.8 Å². The van der Waals surface area contributed by atoms with Crippen LogP contribution in [-0.2, 0) is 11.3 Å². The maximum Gasteiger partial charge on any atom is 0.266 e. The van der Waals surface area contributed by atoms with Crippen molar-refractivity contribution in [2.45, 2.75) is 32.6 Å². The lowest BCUT2D eigenvalue weighted by Crippen LogP contribution is -2.31. The fourth-order valence-electron chi connectivity index (χ4n) is 1.90. The molecule has 1 aromatic heterocycles. The predicted molar refractivity (Wildman–Crippen MR) is 81.0 cm³/mol. The fourth-order valence-corrected chi connectivity index (χ4v) is 1.90. The summed E-state index contributed by atoms with van der Waals surface area (Å²) in [4.78, 5) is 11.8. The highest BCUT2D eigenvalue weighted by Crippen LogP contribution is 2.14. The van der Waals surface area contributed by atoms with E-state index in [0.29, 0.717) is 5.69 Å². The van der Waals surface area contributed by atoms with Crippen LogP contribution in [0.2, 0.25) is 0 Å². The first-order chi connectivity index (χ1) is 10.1. The third-order valence-electron chi connectivity index (χ3n) is 2.94. The second kappa shape index (κ2) is 7.15.